The molecule has 1 atom stereocenters. The molecule has 0 fully saturated rings. The first-order valence-corrected chi connectivity index (χ1v) is 7.65. The lowest BCUT2D eigenvalue weighted by Gasteiger charge is -2.16. The summed E-state index contributed by atoms with van der Waals surface area (Å²) in [4.78, 5) is 1.36. The van der Waals surface area contributed by atoms with E-state index in [9.17, 15) is 0 Å². The molecule has 0 amide bonds. The lowest BCUT2D eigenvalue weighted by atomic mass is 10.2. The first-order valence-electron chi connectivity index (χ1n) is 6.77. The van der Waals surface area contributed by atoms with E-state index in [0.29, 0.717) is 0 Å². The molecule has 1 aromatic carbocycles. The molecule has 2 aromatic rings. The molecule has 2 rings (SSSR count). The van der Waals surface area contributed by atoms with Crippen LogP contribution in [0.1, 0.15) is 30.7 Å². The summed E-state index contributed by atoms with van der Waals surface area (Å²) in [5.41, 5.74) is 1.22. The Morgan fingerprint density at radius 3 is 2.74 bits per heavy atom. The minimum Gasteiger partial charge on any atom is -0.490 e. The number of para-hydroxylation sites is 1. The number of rotatable bonds is 7. The van der Waals surface area contributed by atoms with Crippen LogP contribution in [0.25, 0.3) is 0 Å². The van der Waals surface area contributed by atoms with E-state index in [1.807, 2.05) is 12.1 Å². The molecule has 0 aliphatic heterocycles. The van der Waals surface area contributed by atoms with Crippen LogP contribution in [-0.4, -0.2) is 6.10 Å². The number of hydrogen-bond donors (Lipinski definition) is 1. The Balaban J connectivity index is 1.91. The number of nitrogens with one attached hydrogen (secondary N) is 1. The molecule has 0 aliphatic rings. The fourth-order valence-electron chi connectivity index (χ4n) is 1.80. The van der Waals surface area contributed by atoms with Gasteiger partial charge in [0.2, 0.25) is 0 Å². The predicted molar refractivity (Wildman–Crippen MR) is 81.7 cm³/mol. The minimum absolute atomic E-state index is 0.262. The fraction of sp³-hybridized carbons (Fsp3) is 0.375. The summed E-state index contributed by atoms with van der Waals surface area (Å²) in [6.07, 6.45) is 1.29. The highest BCUT2D eigenvalue weighted by Crippen LogP contribution is 2.20. The molecule has 1 heterocycles. The van der Waals surface area contributed by atoms with Crippen LogP contribution < -0.4 is 10.1 Å². The van der Waals surface area contributed by atoms with Crippen molar-refractivity contribution in [2.45, 2.75) is 39.5 Å². The summed E-state index contributed by atoms with van der Waals surface area (Å²) in [5, 5.41) is 5.57. The molecule has 0 saturated heterocycles. The normalized spacial score (nSPS) is 12.3. The van der Waals surface area contributed by atoms with E-state index >= 15 is 0 Å². The van der Waals surface area contributed by atoms with Gasteiger partial charge in [-0.15, -0.1) is 11.3 Å². The van der Waals surface area contributed by atoms with Gasteiger partial charge in [-0.2, -0.15) is 0 Å². The van der Waals surface area contributed by atoms with Gasteiger partial charge in [-0.1, -0.05) is 31.2 Å². The highest BCUT2D eigenvalue weighted by atomic mass is 32.1. The van der Waals surface area contributed by atoms with Crippen molar-refractivity contribution in [1.82, 2.24) is 5.32 Å². The van der Waals surface area contributed by atoms with Crippen LogP contribution in [0.2, 0.25) is 0 Å². The summed E-state index contributed by atoms with van der Waals surface area (Å²) >= 11 is 1.78. The van der Waals surface area contributed by atoms with E-state index in [1.54, 1.807) is 11.3 Å². The number of hydrogen-bond acceptors (Lipinski definition) is 3. The first kappa shape index (κ1) is 14.1. The maximum Gasteiger partial charge on any atom is 0.124 e. The summed E-state index contributed by atoms with van der Waals surface area (Å²) < 4.78 is 5.94. The second-order valence-electron chi connectivity index (χ2n) is 4.63. The number of thiophene rings is 1. The van der Waals surface area contributed by atoms with Crippen LogP contribution in [0.4, 0.5) is 0 Å². The van der Waals surface area contributed by atoms with Gasteiger partial charge in [0, 0.05) is 23.5 Å². The van der Waals surface area contributed by atoms with E-state index in [2.05, 4.69) is 48.8 Å². The third-order valence-corrected chi connectivity index (χ3v) is 3.95. The lowest BCUT2D eigenvalue weighted by Crippen LogP contribution is -2.15. The zero-order valence-corrected chi connectivity index (χ0v) is 12.4. The molecule has 19 heavy (non-hydrogen) atoms. The topological polar surface area (TPSA) is 21.3 Å². The van der Waals surface area contributed by atoms with Crippen molar-refractivity contribution in [3.05, 3.63) is 52.2 Å². The molecule has 0 saturated carbocycles. The molecule has 102 valence electrons. The predicted octanol–water partition coefficient (Wildman–Crippen LogP) is 4.22. The van der Waals surface area contributed by atoms with Gasteiger partial charge in [0.15, 0.2) is 0 Å². The molecule has 0 radical (unpaired) electrons. The molecule has 3 heteroatoms. The van der Waals surface area contributed by atoms with E-state index in [1.165, 1.54) is 10.4 Å². The van der Waals surface area contributed by atoms with E-state index in [0.717, 1.165) is 25.3 Å². The standard InChI is InChI=1S/C16H21NOS/c1-3-13(2)18-16-9-5-4-7-14(16)11-17-12-15-8-6-10-19-15/h4-10,13,17H,3,11-12H2,1-2H3. The monoisotopic (exact) mass is 275 g/mol. The van der Waals surface area contributed by atoms with Gasteiger partial charge >= 0.3 is 0 Å². The van der Waals surface area contributed by atoms with Crippen LogP contribution in [0.5, 0.6) is 5.75 Å². The second kappa shape index (κ2) is 7.31. The molecule has 1 N–H and O–H groups in total. The minimum atomic E-state index is 0.262. The zero-order chi connectivity index (χ0) is 13.5. The summed E-state index contributed by atoms with van der Waals surface area (Å²) in [7, 11) is 0. The molecular weight excluding hydrogens is 254 g/mol. The Morgan fingerprint density at radius 2 is 2.00 bits per heavy atom. The summed E-state index contributed by atoms with van der Waals surface area (Å²) in [6.45, 7) is 6.00. The first-order chi connectivity index (χ1) is 9.29. The average Bonchev–Trinajstić information content (AvgIpc) is 2.94. The lowest BCUT2D eigenvalue weighted by molar-refractivity contribution is 0.215. The van der Waals surface area contributed by atoms with Crippen molar-refractivity contribution in [3.8, 4) is 5.75 Å². The number of ether oxygens (including phenoxy) is 1. The van der Waals surface area contributed by atoms with Gasteiger partial charge in [-0.25, -0.2) is 0 Å². The van der Waals surface area contributed by atoms with E-state index in [4.69, 9.17) is 4.74 Å². The van der Waals surface area contributed by atoms with Crippen LogP contribution in [0.3, 0.4) is 0 Å². The van der Waals surface area contributed by atoms with Crippen molar-refractivity contribution < 1.29 is 4.74 Å². The van der Waals surface area contributed by atoms with Crippen LogP contribution in [0, 0.1) is 0 Å². The van der Waals surface area contributed by atoms with Crippen LogP contribution >= 0.6 is 11.3 Å². The molecular formula is C16H21NOS. The van der Waals surface area contributed by atoms with E-state index < -0.39 is 0 Å². The van der Waals surface area contributed by atoms with Crippen molar-refractivity contribution in [2.75, 3.05) is 0 Å². The molecule has 1 aromatic heterocycles. The molecule has 2 nitrogen and oxygen atoms in total. The number of benzene rings is 1. The van der Waals surface area contributed by atoms with Crippen LogP contribution in [0.15, 0.2) is 41.8 Å². The van der Waals surface area contributed by atoms with Crippen LogP contribution in [-0.2, 0) is 13.1 Å². The summed E-state index contributed by atoms with van der Waals surface area (Å²) in [5.74, 6) is 0.996. The Bertz CT molecular complexity index is 481. The fourth-order valence-corrected chi connectivity index (χ4v) is 2.47. The van der Waals surface area contributed by atoms with Gasteiger partial charge < -0.3 is 10.1 Å². The average molecular weight is 275 g/mol. The third-order valence-electron chi connectivity index (χ3n) is 3.07. The van der Waals surface area contributed by atoms with Gasteiger partial charge in [0.25, 0.3) is 0 Å². The molecule has 0 bridgehead atoms. The highest BCUT2D eigenvalue weighted by molar-refractivity contribution is 7.09. The SMILES string of the molecule is CCC(C)Oc1ccccc1CNCc1cccs1. The zero-order valence-electron chi connectivity index (χ0n) is 11.6. The van der Waals surface area contributed by atoms with Crippen molar-refractivity contribution in [1.29, 1.82) is 0 Å². The Kier molecular flexibility index (Phi) is 5.43. The van der Waals surface area contributed by atoms with Gasteiger partial charge in [0.1, 0.15) is 5.75 Å². The van der Waals surface area contributed by atoms with Gasteiger partial charge in [0.05, 0.1) is 6.10 Å². The second-order valence-corrected chi connectivity index (χ2v) is 5.66. The largest absolute Gasteiger partial charge is 0.490 e. The maximum atomic E-state index is 5.94. The summed E-state index contributed by atoms with van der Waals surface area (Å²) in [6, 6.07) is 12.5. The highest BCUT2D eigenvalue weighted by Gasteiger charge is 2.06. The van der Waals surface area contributed by atoms with E-state index in [-0.39, 0.29) is 6.10 Å². The Labute approximate surface area is 119 Å². The van der Waals surface area contributed by atoms with Crippen molar-refractivity contribution in [2.24, 2.45) is 0 Å². The van der Waals surface area contributed by atoms with Gasteiger partial charge in [-0.05, 0) is 30.9 Å². The maximum absolute atomic E-state index is 5.94. The quantitative estimate of drug-likeness (QED) is 0.817. The Morgan fingerprint density at radius 1 is 1.16 bits per heavy atom. The third kappa shape index (κ3) is 4.37. The Hall–Kier alpha value is -1.32. The smallest absolute Gasteiger partial charge is 0.124 e. The molecule has 0 aliphatic carbocycles. The van der Waals surface area contributed by atoms with Crippen molar-refractivity contribution >= 4 is 11.3 Å². The van der Waals surface area contributed by atoms with Gasteiger partial charge in [-0.3, -0.25) is 0 Å². The molecule has 0 spiro atoms. The molecule has 1 unspecified atom stereocenters. The van der Waals surface area contributed by atoms with Crippen molar-refractivity contribution in [3.63, 3.8) is 0 Å².